The van der Waals surface area contributed by atoms with Gasteiger partial charge in [0.1, 0.15) is 6.61 Å². The Bertz CT molecular complexity index is 742. The molecule has 0 aromatic heterocycles. The lowest BCUT2D eigenvalue weighted by atomic mass is 9.79. The molecule has 0 radical (unpaired) electrons. The molecular formula is C26H38O6. The topological polar surface area (TPSA) is 89.9 Å². The van der Waals surface area contributed by atoms with Crippen LogP contribution in [0.15, 0.2) is 30.3 Å². The molecule has 4 unspecified atom stereocenters. The molecule has 0 spiro atoms. The van der Waals surface area contributed by atoms with Crippen LogP contribution in [0.4, 0.5) is 0 Å². The Morgan fingerprint density at radius 2 is 1.69 bits per heavy atom. The minimum Gasteiger partial charge on any atom is -0.461 e. The van der Waals surface area contributed by atoms with Crippen LogP contribution < -0.4 is 0 Å². The number of unbranched alkanes of at least 4 members (excludes halogenated alkanes) is 1. The fourth-order valence-corrected chi connectivity index (χ4v) is 4.40. The fourth-order valence-electron chi connectivity index (χ4n) is 4.40. The molecule has 0 heterocycles. The maximum atomic E-state index is 12.8. The van der Waals surface area contributed by atoms with Crippen LogP contribution in [0.2, 0.25) is 0 Å². The van der Waals surface area contributed by atoms with Crippen molar-refractivity contribution in [2.24, 2.45) is 17.8 Å². The summed E-state index contributed by atoms with van der Waals surface area (Å²) < 4.78 is 10.6. The maximum absolute atomic E-state index is 12.8. The van der Waals surface area contributed by atoms with Gasteiger partial charge in [0.05, 0.1) is 11.8 Å². The fraction of sp³-hybridized carbons (Fsp3) is 0.654. The molecule has 178 valence electrons. The van der Waals surface area contributed by atoms with Gasteiger partial charge in [0.2, 0.25) is 0 Å². The summed E-state index contributed by atoms with van der Waals surface area (Å²) in [6, 6.07) is 9.35. The molecule has 1 aliphatic rings. The van der Waals surface area contributed by atoms with Gasteiger partial charge in [-0.05, 0) is 37.7 Å². The second-order valence-electron chi connectivity index (χ2n) is 9.19. The van der Waals surface area contributed by atoms with Gasteiger partial charge in [-0.3, -0.25) is 9.59 Å². The lowest BCUT2D eigenvalue weighted by Crippen LogP contribution is -2.43. The molecule has 1 aliphatic carbocycles. The maximum Gasteiger partial charge on any atom is 0.345 e. The molecule has 0 bridgehead atoms. The Morgan fingerprint density at radius 1 is 1.06 bits per heavy atom. The largest absolute Gasteiger partial charge is 0.461 e. The van der Waals surface area contributed by atoms with Gasteiger partial charge in [0, 0.05) is 0 Å². The van der Waals surface area contributed by atoms with Crippen molar-refractivity contribution in [3.63, 3.8) is 0 Å². The number of ether oxygens (including phenoxy) is 2. The number of esters is 3. The van der Waals surface area contributed by atoms with E-state index in [0.717, 1.165) is 44.1 Å². The highest BCUT2D eigenvalue weighted by Crippen LogP contribution is 2.33. The number of aliphatic hydroxyl groups is 1. The first-order chi connectivity index (χ1) is 15.3. The Kier molecular flexibility index (Phi) is 10.4. The van der Waals surface area contributed by atoms with Gasteiger partial charge in [-0.1, -0.05) is 82.7 Å². The highest BCUT2D eigenvalue weighted by Gasteiger charge is 2.42. The average molecular weight is 447 g/mol. The molecular weight excluding hydrogens is 408 g/mol. The van der Waals surface area contributed by atoms with E-state index in [0.29, 0.717) is 12.8 Å². The van der Waals surface area contributed by atoms with Crippen molar-refractivity contribution in [1.29, 1.82) is 0 Å². The predicted octanol–water partition coefficient (Wildman–Crippen LogP) is 4.96. The molecule has 1 fully saturated rings. The highest BCUT2D eigenvalue weighted by molar-refractivity contribution is 5.92. The summed E-state index contributed by atoms with van der Waals surface area (Å²) in [6.07, 6.45) is 6.67. The summed E-state index contributed by atoms with van der Waals surface area (Å²) in [5.41, 5.74) is -0.863. The number of carbonyl (C=O) groups excluding carboxylic acids is 3. The van der Waals surface area contributed by atoms with Crippen LogP contribution in [0, 0.1) is 17.8 Å². The normalized spacial score (nSPS) is 21.2. The van der Waals surface area contributed by atoms with E-state index in [-0.39, 0.29) is 18.9 Å². The molecule has 0 saturated heterocycles. The van der Waals surface area contributed by atoms with E-state index in [1.807, 2.05) is 37.3 Å². The number of rotatable bonds is 11. The predicted molar refractivity (Wildman–Crippen MR) is 121 cm³/mol. The number of hydrogen-bond donors (Lipinski definition) is 1. The average Bonchev–Trinajstić information content (AvgIpc) is 2.80. The van der Waals surface area contributed by atoms with Gasteiger partial charge < -0.3 is 14.6 Å². The van der Waals surface area contributed by atoms with E-state index in [2.05, 4.69) is 6.92 Å². The zero-order valence-electron chi connectivity index (χ0n) is 19.7. The van der Waals surface area contributed by atoms with E-state index < -0.39 is 35.3 Å². The van der Waals surface area contributed by atoms with E-state index in [4.69, 9.17) is 9.47 Å². The van der Waals surface area contributed by atoms with Crippen LogP contribution in [-0.2, 0) is 30.5 Å². The minimum atomic E-state index is -1.73. The molecule has 6 nitrogen and oxygen atoms in total. The molecule has 32 heavy (non-hydrogen) atoms. The van der Waals surface area contributed by atoms with Crippen LogP contribution in [-0.4, -0.2) is 28.6 Å². The Morgan fingerprint density at radius 3 is 2.28 bits per heavy atom. The molecule has 1 aromatic rings. The Balaban J connectivity index is 1.96. The quantitative estimate of drug-likeness (QED) is 0.381. The van der Waals surface area contributed by atoms with Crippen molar-refractivity contribution in [3.05, 3.63) is 35.9 Å². The molecule has 1 saturated carbocycles. The third kappa shape index (κ3) is 7.73. The summed E-state index contributed by atoms with van der Waals surface area (Å²) in [4.78, 5) is 38.1. The van der Waals surface area contributed by atoms with Gasteiger partial charge >= 0.3 is 17.9 Å². The molecule has 0 amide bonds. The molecule has 1 aromatic carbocycles. The second-order valence-corrected chi connectivity index (χ2v) is 9.19. The van der Waals surface area contributed by atoms with E-state index >= 15 is 0 Å². The molecule has 1 N–H and O–H groups in total. The first-order valence-electron chi connectivity index (χ1n) is 12.0. The van der Waals surface area contributed by atoms with Gasteiger partial charge in [0.15, 0.2) is 5.60 Å². The molecule has 6 heteroatoms. The van der Waals surface area contributed by atoms with E-state index in [9.17, 15) is 19.5 Å². The van der Waals surface area contributed by atoms with Crippen molar-refractivity contribution in [3.8, 4) is 0 Å². The molecule has 4 atom stereocenters. The number of carbonyl (C=O) groups is 3. The first kappa shape index (κ1) is 26.0. The SMILES string of the molecule is CCCCC(CC)CC(C)(O)C(=O)OC(=O)C1CCCCC1C(=O)OCc1ccccc1. The van der Waals surface area contributed by atoms with Crippen LogP contribution >= 0.6 is 0 Å². The minimum absolute atomic E-state index is 0.141. The van der Waals surface area contributed by atoms with Crippen LogP contribution in [0.1, 0.15) is 84.1 Å². The van der Waals surface area contributed by atoms with Crippen molar-refractivity contribution >= 4 is 17.9 Å². The monoisotopic (exact) mass is 446 g/mol. The summed E-state index contributed by atoms with van der Waals surface area (Å²) in [7, 11) is 0. The number of hydrogen-bond acceptors (Lipinski definition) is 6. The van der Waals surface area contributed by atoms with Gasteiger partial charge in [-0.15, -0.1) is 0 Å². The zero-order chi connectivity index (χ0) is 23.6. The number of benzene rings is 1. The lowest BCUT2D eigenvalue weighted by molar-refractivity contribution is -0.180. The second kappa shape index (κ2) is 12.7. The van der Waals surface area contributed by atoms with Crippen LogP contribution in [0.25, 0.3) is 0 Å². The standard InChI is InChI=1S/C26H38O6/c1-4-6-12-19(5-2)17-26(3,30)25(29)32-24(28)22-16-11-10-15-21(22)23(27)31-18-20-13-8-7-9-14-20/h7-9,13-14,19,21-22,30H,4-6,10-12,15-18H2,1-3H3. The van der Waals surface area contributed by atoms with Crippen LogP contribution in [0.3, 0.4) is 0 Å². The van der Waals surface area contributed by atoms with Crippen molar-refractivity contribution in [2.75, 3.05) is 0 Å². The van der Waals surface area contributed by atoms with Crippen molar-refractivity contribution in [2.45, 2.75) is 90.8 Å². The molecule has 2 rings (SSSR count). The smallest absolute Gasteiger partial charge is 0.345 e. The third-order valence-electron chi connectivity index (χ3n) is 6.46. The zero-order valence-corrected chi connectivity index (χ0v) is 19.7. The van der Waals surface area contributed by atoms with E-state index in [1.165, 1.54) is 6.92 Å². The van der Waals surface area contributed by atoms with Crippen LogP contribution in [0.5, 0.6) is 0 Å². The van der Waals surface area contributed by atoms with Crippen molar-refractivity contribution in [1.82, 2.24) is 0 Å². The highest BCUT2D eigenvalue weighted by atomic mass is 16.6. The summed E-state index contributed by atoms with van der Waals surface area (Å²) in [6.45, 7) is 5.68. The van der Waals surface area contributed by atoms with Crippen molar-refractivity contribution < 1.29 is 29.0 Å². The van der Waals surface area contributed by atoms with Gasteiger partial charge in [-0.25, -0.2) is 4.79 Å². The molecule has 0 aliphatic heterocycles. The lowest BCUT2D eigenvalue weighted by Gasteiger charge is -2.30. The Hall–Kier alpha value is -2.21. The Labute approximate surface area is 191 Å². The third-order valence-corrected chi connectivity index (χ3v) is 6.46. The summed E-state index contributed by atoms with van der Waals surface area (Å²) >= 11 is 0. The summed E-state index contributed by atoms with van der Waals surface area (Å²) in [5.74, 6) is -3.29. The van der Waals surface area contributed by atoms with Gasteiger partial charge in [-0.2, -0.15) is 0 Å². The summed E-state index contributed by atoms with van der Waals surface area (Å²) in [5, 5.41) is 10.7. The first-order valence-corrected chi connectivity index (χ1v) is 12.0. The van der Waals surface area contributed by atoms with E-state index in [1.54, 1.807) is 0 Å². The van der Waals surface area contributed by atoms with Gasteiger partial charge in [0.25, 0.3) is 0 Å².